The van der Waals surface area contributed by atoms with Gasteiger partial charge >= 0.3 is 0 Å². The number of nitrogens with zero attached hydrogens (tertiary/aromatic N) is 4. The van der Waals surface area contributed by atoms with Crippen LogP contribution in [0.1, 0.15) is 12.8 Å². The summed E-state index contributed by atoms with van der Waals surface area (Å²) in [6, 6.07) is -0.101. The van der Waals surface area contributed by atoms with Crippen molar-refractivity contribution >= 4 is 27.7 Å². The van der Waals surface area contributed by atoms with E-state index in [1.165, 1.54) is 6.33 Å². The Bertz CT molecular complexity index is 424. The molecular weight excluding hydrogens is 284 g/mol. The third-order valence-corrected chi connectivity index (χ3v) is 3.46. The van der Waals surface area contributed by atoms with Crippen LogP contribution in [0.25, 0.3) is 0 Å². The van der Waals surface area contributed by atoms with Crippen molar-refractivity contribution < 1.29 is 4.79 Å². The van der Waals surface area contributed by atoms with Gasteiger partial charge in [-0.2, -0.15) is 0 Å². The van der Waals surface area contributed by atoms with Crippen molar-refractivity contribution in [3.05, 3.63) is 17.0 Å². The van der Waals surface area contributed by atoms with E-state index in [-0.39, 0.29) is 11.9 Å². The Kier molecular flexibility index (Phi) is 3.61. The van der Waals surface area contributed by atoms with Gasteiger partial charge in [-0.05, 0) is 28.8 Å². The monoisotopic (exact) mass is 298 g/mol. The molecule has 2 rings (SSSR count). The lowest BCUT2D eigenvalue weighted by Crippen LogP contribution is -2.43. The smallest absolute Gasteiger partial charge is 0.244 e. The molecule has 0 N–H and O–H groups in total. The first kappa shape index (κ1) is 12.3. The summed E-state index contributed by atoms with van der Waals surface area (Å²) in [4.78, 5) is 23.9. The van der Waals surface area contributed by atoms with Crippen LogP contribution < -0.4 is 4.90 Å². The number of hydrogen-bond donors (Lipinski definition) is 0. The minimum absolute atomic E-state index is 0.101. The Balaban J connectivity index is 2.26. The van der Waals surface area contributed by atoms with Crippen molar-refractivity contribution in [3.8, 4) is 0 Å². The van der Waals surface area contributed by atoms with E-state index in [4.69, 9.17) is 0 Å². The van der Waals surface area contributed by atoms with Gasteiger partial charge in [0.25, 0.3) is 0 Å². The van der Waals surface area contributed by atoms with Crippen LogP contribution in [0.4, 0.5) is 5.82 Å². The SMILES string of the molecule is CN(C)C(=O)C1CCCN1c1ncncc1Br. The van der Waals surface area contributed by atoms with Gasteiger partial charge in [0, 0.05) is 26.8 Å². The Morgan fingerprint density at radius 2 is 2.35 bits per heavy atom. The molecule has 1 aromatic heterocycles. The second kappa shape index (κ2) is 5.00. The fourth-order valence-electron chi connectivity index (χ4n) is 2.09. The predicted molar refractivity (Wildman–Crippen MR) is 68.8 cm³/mol. The highest BCUT2D eigenvalue weighted by Crippen LogP contribution is 2.29. The highest BCUT2D eigenvalue weighted by molar-refractivity contribution is 9.10. The molecule has 6 heteroatoms. The molecule has 0 aromatic carbocycles. The van der Waals surface area contributed by atoms with Crippen LogP contribution in [0.15, 0.2) is 17.0 Å². The van der Waals surface area contributed by atoms with Gasteiger partial charge in [-0.3, -0.25) is 4.79 Å². The summed E-state index contributed by atoms with van der Waals surface area (Å²) < 4.78 is 0.832. The number of carbonyl (C=O) groups excluding carboxylic acids is 1. The molecular formula is C11H15BrN4O. The fraction of sp³-hybridized carbons (Fsp3) is 0.545. The van der Waals surface area contributed by atoms with Crippen LogP contribution in [0.5, 0.6) is 0 Å². The van der Waals surface area contributed by atoms with Gasteiger partial charge in [0.1, 0.15) is 18.2 Å². The highest BCUT2D eigenvalue weighted by Gasteiger charge is 2.33. The van der Waals surface area contributed by atoms with Gasteiger partial charge in [0.15, 0.2) is 0 Å². The highest BCUT2D eigenvalue weighted by atomic mass is 79.9. The Hall–Kier alpha value is -1.17. The third-order valence-electron chi connectivity index (χ3n) is 2.90. The topological polar surface area (TPSA) is 49.3 Å². The van der Waals surface area contributed by atoms with Crippen LogP contribution in [0.3, 0.4) is 0 Å². The van der Waals surface area contributed by atoms with Gasteiger partial charge in [-0.1, -0.05) is 0 Å². The van der Waals surface area contributed by atoms with Crippen molar-refractivity contribution in [3.63, 3.8) is 0 Å². The Labute approximate surface area is 109 Å². The van der Waals surface area contributed by atoms with Crippen LogP contribution in [0, 0.1) is 0 Å². The molecule has 1 aliphatic heterocycles. The van der Waals surface area contributed by atoms with Crippen LogP contribution in [-0.4, -0.2) is 47.5 Å². The standard InChI is InChI=1S/C11H15BrN4O/c1-15(2)11(17)9-4-3-5-16(9)10-8(12)6-13-7-14-10/h6-7,9H,3-5H2,1-2H3. The molecule has 1 fully saturated rings. The lowest BCUT2D eigenvalue weighted by atomic mass is 10.2. The third kappa shape index (κ3) is 2.41. The summed E-state index contributed by atoms with van der Waals surface area (Å²) in [5.74, 6) is 0.936. The fourth-order valence-corrected chi connectivity index (χ4v) is 2.54. The van der Waals surface area contributed by atoms with E-state index in [9.17, 15) is 4.79 Å². The molecule has 2 heterocycles. The van der Waals surface area contributed by atoms with Gasteiger partial charge in [-0.15, -0.1) is 0 Å². The zero-order chi connectivity index (χ0) is 12.4. The second-order valence-electron chi connectivity index (χ2n) is 4.28. The number of hydrogen-bond acceptors (Lipinski definition) is 4. The number of aromatic nitrogens is 2. The van der Waals surface area contributed by atoms with Crippen molar-refractivity contribution in [2.24, 2.45) is 0 Å². The van der Waals surface area contributed by atoms with Crippen LogP contribution in [0.2, 0.25) is 0 Å². The molecule has 1 aromatic rings. The summed E-state index contributed by atoms with van der Waals surface area (Å²) in [6.45, 7) is 0.861. The average molecular weight is 299 g/mol. The van der Waals surface area contributed by atoms with Crippen molar-refractivity contribution in [1.29, 1.82) is 0 Å². The number of amides is 1. The van der Waals surface area contributed by atoms with Crippen molar-refractivity contribution in [2.75, 3.05) is 25.5 Å². The molecule has 1 aliphatic rings. The lowest BCUT2D eigenvalue weighted by molar-refractivity contribution is -0.129. The number of carbonyl (C=O) groups is 1. The maximum absolute atomic E-state index is 12.1. The van der Waals surface area contributed by atoms with Gasteiger partial charge in [0.2, 0.25) is 5.91 Å². The first-order chi connectivity index (χ1) is 8.11. The Morgan fingerprint density at radius 1 is 1.59 bits per heavy atom. The molecule has 1 unspecified atom stereocenters. The summed E-state index contributed by atoms with van der Waals surface area (Å²) in [5, 5.41) is 0. The summed E-state index contributed by atoms with van der Waals surface area (Å²) >= 11 is 3.43. The second-order valence-corrected chi connectivity index (χ2v) is 5.13. The van der Waals surface area contributed by atoms with Gasteiger partial charge in [-0.25, -0.2) is 9.97 Å². The van der Waals surface area contributed by atoms with E-state index in [0.717, 1.165) is 29.7 Å². The first-order valence-electron chi connectivity index (χ1n) is 5.54. The average Bonchev–Trinajstić information content (AvgIpc) is 2.77. The maximum Gasteiger partial charge on any atom is 0.244 e. The first-order valence-corrected chi connectivity index (χ1v) is 6.34. The zero-order valence-corrected chi connectivity index (χ0v) is 11.5. The molecule has 0 bridgehead atoms. The normalized spacial score (nSPS) is 19.5. The molecule has 0 radical (unpaired) electrons. The summed E-state index contributed by atoms with van der Waals surface area (Å²) in [6.07, 6.45) is 5.11. The molecule has 17 heavy (non-hydrogen) atoms. The van der Waals surface area contributed by atoms with Crippen LogP contribution >= 0.6 is 15.9 Å². The van der Waals surface area contributed by atoms with Gasteiger partial charge in [0.05, 0.1) is 4.47 Å². The summed E-state index contributed by atoms with van der Waals surface area (Å²) in [7, 11) is 3.57. The van der Waals surface area contributed by atoms with Crippen molar-refractivity contribution in [2.45, 2.75) is 18.9 Å². The van der Waals surface area contributed by atoms with Crippen LogP contribution in [-0.2, 0) is 4.79 Å². The molecule has 1 amide bonds. The lowest BCUT2D eigenvalue weighted by Gasteiger charge is -2.27. The number of rotatable bonds is 2. The molecule has 92 valence electrons. The maximum atomic E-state index is 12.1. The largest absolute Gasteiger partial charge is 0.347 e. The number of likely N-dealkylation sites (N-methyl/N-ethyl adjacent to an activating group) is 1. The molecule has 0 saturated carbocycles. The predicted octanol–water partition coefficient (Wildman–Crippen LogP) is 1.30. The number of anilines is 1. The van der Waals surface area contributed by atoms with Gasteiger partial charge < -0.3 is 9.80 Å². The summed E-state index contributed by atoms with van der Waals surface area (Å²) in [5.41, 5.74) is 0. The van der Waals surface area contributed by atoms with E-state index in [1.807, 2.05) is 4.90 Å². The van der Waals surface area contributed by atoms with E-state index < -0.39 is 0 Å². The molecule has 5 nitrogen and oxygen atoms in total. The van der Waals surface area contributed by atoms with E-state index in [1.54, 1.807) is 25.2 Å². The number of halogens is 1. The van der Waals surface area contributed by atoms with E-state index >= 15 is 0 Å². The molecule has 1 saturated heterocycles. The zero-order valence-electron chi connectivity index (χ0n) is 9.93. The molecule has 0 aliphatic carbocycles. The molecule has 0 spiro atoms. The van der Waals surface area contributed by atoms with E-state index in [2.05, 4.69) is 25.9 Å². The van der Waals surface area contributed by atoms with E-state index in [0.29, 0.717) is 0 Å². The Morgan fingerprint density at radius 3 is 3.00 bits per heavy atom. The van der Waals surface area contributed by atoms with Crippen molar-refractivity contribution in [1.82, 2.24) is 14.9 Å². The molecule has 1 atom stereocenters. The minimum atomic E-state index is -0.101. The minimum Gasteiger partial charge on any atom is -0.347 e. The quantitative estimate of drug-likeness (QED) is 0.826.